The van der Waals surface area contributed by atoms with Gasteiger partial charge >= 0.3 is 0 Å². The molecule has 162 valence electrons. The van der Waals surface area contributed by atoms with Crippen molar-refractivity contribution in [3.63, 3.8) is 0 Å². The topological polar surface area (TPSA) is 118 Å². The van der Waals surface area contributed by atoms with E-state index < -0.39 is 29.3 Å². The number of anilines is 1. The van der Waals surface area contributed by atoms with Gasteiger partial charge in [-0.05, 0) is 29.9 Å². The molecular weight excluding hydrogens is 374 g/mol. The van der Waals surface area contributed by atoms with Crippen LogP contribution in [0.2, 0.25) is 0 Å². The third kappa shape index (κ3) is 7.55. The van der Waals surface area contributed by atoms with Gasteiger partial charge in [-0.15, -0.1) is 0 Å². The summed E-state index contributed by atoms with van der Waals surface area (Å²) in [6.07, 6.45) is 0.776. The summed E-state index contributed by atoms with van der Waals surface area (Å²) < 4.78 is 5.21. The highest BCUT2D eigenvalue weighted by molar-refractivity contribution is 5.97. The Hall–Kier alpha value is -2.32. The summed E-state index contributed by atoms with van der Waals surface area (Å²) >= 11 is 0. The maximum Gasteiger partial charge on any atom is 0.273 e. The summed E-state index contributed by atoms with van der Waals surface area (Å²) in [6, 6.07) is 5.18. The van der Waals surface area contributed by atoms with Crippen LogP contribution in [-0.4, -0.2) is 41.0 Å². The van der Waals surface area contributed by atoms with Gasteiger partial charge in [-0.1, -0.05) is 40.7 Å². The van der Waals surface area contributed by atoms with Crippen molar-refractivity contribution in [3.8, 4) is 0 Å². The molecule has 0 bridgehead atoms. The smallest absolute Gasteiger partial charge is 0.273 e. The highest BCUT2D eigenvalue weighted by Crippen LogP contribution is 2.32. The van der Waals surface area contributed by atoms with Crippen molar-refractivity contribution in [2.45, 2.75) is 53.6 Å². The summed E-state index contributed by atoms with van der Waals surface area (Å²) in [5.74, 6) is -2.24. The van der Waals surface area contributed by atoms with Gasteiger partial charge in [-0.2, -0.15) is 0 Å². The molecule has 1 aromatic rings. The molecule has 0 aliphatic heterocycles. The standard InChI is InChI=1S/C21H33N3O5/c1-13(2)11-14(18(29-6)20(27)24-28)16(25)12-15(21(3,4)5)19(26)23-17-9-7-8-10-22-17/h7-10,13-15,18,28H,11-12H2,1-6H3,(H,24,27)(H,22,23,26)/t14-,15+,18-/m0/s1. The molecule has 0 aliphatic carbocycles. The minimum atomic E-state index is -1.13. The number of nitrogens with one attached hydrogen (secondary N) is 2. The van der Waals surface area contributed by atoms with Gasteiger partial charge in [-0.3, -0.25) is 19.6 Å². The van der Waals surface area contributed by atoms with E-state index in [1.54, 1.807) is 29.9 Å². The van der Waals surface area contributed by atoms with E-state index in [2.05, 4.69) is 10.3 Å². The molecule has 0 unspecified atom stereocenters. The van der Waals surface area contributed by atoms with E-state index in [-0.39, 0.29) is 24.0 Å². The SMILES string of the molecule is CO[C@H](C(=O)NO)[C@@H](CC(C)C)C(=O)C[C@H](C(=O)Nc1ccccn1)C(C)(C)C. The molecule has 29 heavy (non-hydrogen) atoms. The minimum Gasteiger partial charge on any atom is -0.371 e. The largest absolute Gasteiger partial charge is 0.371 e. The predicted molar refractivity (Wildman–Crippen MR) is 109 cm³/mol. The number of carbonyl (C=O) groups excluding carboxylic acids is 3. The van der Waals surface area contributed by atoms with Crippen molar-refractivity contribution in [3.05, 3.63) is 24.4 Å². The van der Waals surface area contributed by atoms with Crippen LogP contribution in [0.4, 0.5) is 5.82 Å². The highest BCUT2D eigenvalue weighted by atomic mass is 16.5. The third-order valence-corrected chi connectivity index (χ3v) is 4.81. The summed E-state index contributed by atoms with van der Waals surface area (Å²) in [5.41, 5.74) is 1.06. The molecule has 0 saturated heterocycles. The number of nitrogens with zero attached hydrogens (tertiary/aromatic N) is 1. The molecule has 0 aromatic carbocycles. The molecule has 3 N–H and O–H groups in total. The Bertz CT molecular complexity index is 685. The first-order valence-corrected chi connectivity index (χ1v) is 9.72. The number of ketones is 1. The van der Waals surface area contributed by atoms with Gasteiger partial charge in [0, 0.05) is 19.7 Å². The monoisotopic (exact) mass is 407 g/mol. The van der Waals surface area contributed by atoms with E-state index in [0.717, 1.165) is 0 Å². The maximum atomic E-state index is 13.2. The average molecular weight is 408 g/mol. The second-order valence-corrected chi connectivity index (χ2v) is 8.66. The summed E-state index contributed by atoms with van der Waals surface area (Å²) in [7, 11) is 1.32. The first-order valence-electron chi connectivity index (χ1n) is 9.72. The maximum absolute atomic E-state index is 13.2. The molecule has 0 radical (unpaired) electrons. The molecule has 0 saturated carbocycles. The lowest BCUT2D eigenvalue weighted by Crippen LogP contribution is -2.45. The third-order valence-electron chi connectivity index (χ3n) is 4.81. The molecule has 8 nitrogen and oxygen atoms in total. The fraction of sp³-hybridized carbons (Fsp3) is 0.619. The number of Topliss-reactive ketones (excluding diaryl/α,β-unsaturated/α-hetero) is 1. The van der Waals surface area contributed by atoms with E-state index in [4.69, 9.17) is 9.94 Å². The number of rotatable bonds is 10. The van der Waals surface area contributed by atoms with Crippen molar-refractivity contribution >= 4 is 23.4 Å². The number of pyridine rings is 1. The highest BCUT2D eigenvalue weighted by Gasteiger charge is 2.39. The molecule has 2 amide bonds. The van der Waals surface area contributed by atoms with Gasteiger partial charge in [-0.25, -0.2) is 10.5 Å². The normalized spacial score (nSPS) is 14.8. The number of amides is 2. The van der Waals surface area contributed by atoms with Crippen LogP contribution in [0, 0.1) is 23.2 Å². The van der Waals surface area contributed by atoms with Gasteiger partial charge in [0.05, 0.1) is 11.8 Å². The summed E-state index contributed by atoms with van der Waals surface area (Å²) in [4.78, 5) is 42.2. The molecule has 0 fully saturated rings. The van der Waals surface area contributed by atoms with Crippen molar-refractivity contribution in [1.29, 1.82) is 0 Å². The lowest BCUT2D eigenvalue weighted by molar-refractivity contribution is -0.149. The van der Waals surface area contributed by atoms with Crippen LogP contribution >= 0.6 is 0 Å². The number of aromatic nitrogens is 1. The number of methoxy groups -OCH3 is 1. The molecular formula is C21H33N3O5. The van der Waals surface area contributed by atoms with Gasteiger partial charge in [0.1, 0.15) is 17.7 Å². The molecule has 1 rings (SSSR count). The predicted octanol–water partition coefficient (Wildman–Crippen LogP) is 2.82. The van der Waals surface area contributed by atoms with E-state index >= 15 is 0 Å². The van der Waals surface area contributed by atoms with Crippen LogP contribution in [0.1, 0.15) is 47.5 Å². The van der Waals surface area contributed by atoms with Crippen molar-refractivity contribution in [2.24, 2.45) is 23.2 Å². The number of ether oxygens (including phenoxy) is 1. The van der Waals surface area contributed by atoms with E-state index in [1.165, 1.54) is 7.11 Å². The first kappa shape index (κ1) is 24.7. The second kappa shape index (κ2) is 11.0. The van der Waals surface area contributed by atoms with Crippen LogP contribution in [0.3, 0.4) is 0 Å². The Labute approximate surface area is 172 Å². The second-order valence-electron chi connectivity index (χ2n) is 8.66. The number of carbonyl (C=O) groups is 3. The fourth-order valence-electron chi connectivity index (χ4n) is 3.24. The van der Waals surface area contributed by atoms with Crippen LogP contribution in [0.15, 0.2) is 24.4 Å². The van der Waals surface area contributed by atoms with E-state index in [9.17, 15) is 14.4 Å². The zero-order valence-corrected chi connectivity index (χ0v) is 18.1. The zero-order chi connectivity index (χ0) is 22.2. The molecule has 1 aromatic heterocycles. The van der Waals surface area contributed by atoms with Crippen LogP contribution in [-0.2, 0) is 19.1 Å². The molecule has 3 atom stereocenters. The average Bonchev–Trinajstić information content (AvgIpc) is 2.64. The molecule has 0 aliphatic rings. The van der Waals surface area contributed by atoms with Crippen molar-refractivity contribution in [2.75, 3.05) is 12.4 Å². The van der Waals surface area contributed by atoms with Crippen molar-refractivity contribution < 1.29 is 24.3 Å². The first-order chi connectivity index (χ1) is 13.5. The summed E-state index contributed by atoms with van der Waals surface area (Å²) in [5, 5.41) is 11.8. The Kier molecular flexibility index (Phi) is 9.39. The zero-order valence-electron chi connectivity index (χ0n) is 18.1. The van der Waals surface area contributed by atoms with Crippen LogP contribution in [0.5, 0.6) is 0 Å². The van der Waals surface area contributed by atoms with Gasteiger partial charge in [0.25, 0.3) is 5.91 Å². The van der Waals surface area contributed by atoms with Gasteiger partial charge in [0.2, 0.25) is 5.91 Å². The van der Waals surface area contributed by atoms with Gasteiger partial charge < -0.3 is 10.1 Å². The lowest BCUT2D eigenvalue weighted by atomic mass is 9.74. The molecule has 0 spiro atoms. The molecule has 1 heterocycles. The number of hydroxylamine groups is 1. The van der Waals surface area contributed by atoms with Crippen LogP contribution in [0.25, 0.3) is 0 Å². The van der Waals surface area contributed by atoms with E-state index in [1.807, 2.05) is 34.6 Å². The Morgan fingerprint density at radius 1 is 1.17 bits per heavy atom. The molecule has 8 heteroatoms. The quantitative estimate of drug-likeness (QED) is 0.405. The summed E-state index contributed by atoms with van der Waals surface area (Å²) in [6.45, 7) is 9.51. The van der Waals surface area contributed by atoms with Gasteiger partial charge in [0.15, 0.2) is 0 Å². The van der Waals surface area contributed by atoms with Crippen LogP contribution < -0.4 is 10.8 Å². The number of hydrogen-bond donors (Lipinski definition) is 3. The lowest BCUT2D eigenvalue weighted by Gasteiger charge is -2.31. The van der Waals surface area contributed by atoms with E-state index in [0.29, 0.717) is 12.2 Å². The Balaban J connectivity index is 3.09. The number of hydrogen-bond acceptors (Lipinski definition) is 6. The Morgan fingerprint density at radius 3 is 2.28 bits per heavy atom. The Morgan fingerprint density at radius 2 is 1.83 bits per heavy atom. The van der Waals surface area contributed by atoms with Crippen molar-refractivity contribution in [1.82, 2.24) is 10.5 Å². The fourth-order valence-corrected chi connectivity index (χ4v) is 3.24. The minimum absolute atomic E-state index is 0.0574.